The molecule has 1 aromatic heterocycles. The van der Waals surface area contributed by atoms with E-state index in [1.165, 1.54) is 34.5 Å². The van der Waals surface area contributed by atoms with Crippen molar-refractivity contribution in [3.63, 3.8) is 0 Å². The van der Waals surface area contributed by atoms with Crippen LogP contribution in [0.25, 0.3) is 16.3 Å². The van der Waals surface area contributed by atoms with E-state index in [1.54, 1.807) is 0 Å². The molecule has 3 nitrogen and oxygen atoms in total. The third-order valence-electron chi connectivity index (χ3n) is 5.47. The van der Waals surface area contributed by atoms with Crippen LogP contribution in [-0.2, 0) is 13.0 Å². The summed E-state index contributed by atoms with van der Waals surface area (Å²) in [6.45, 7) is 10.8. The molecule has 0 saturated carbocycles. The van der Waals surface area contributed by atoms with Gasteiger partial charge < -0.3 is 11.5 Å². The predicted molar refractivity (Wildman–Crippen MR) is 152 cm³/mol. The molecule has 0 aliphatic carbocycles. The summed E-state index contributed by atoms with van der Waals surface area (Å²) in [4.78, 5) is 5.15. The van der Waals surface area contributed by atoms with Crippen LogP contribution in [0.4, 0.5) is 0 Å². The van der Waals surface area contributed by atoms with Gasteiger partial charge in [-0.3, -0.25) is 4.98 Å². The molecule has 0 aliphatic heterocycles. The van der Waals surface area contributed by atoms with E-state index in [9.17, 15) is 0 Å². The molecular formula is C30H34BrN3. The minimum Gasteiger partial charge on any atom is -0.333 e. The van der Waals surface area contributed by atoms with Crippen molar-refractivity contribution in [2.75, 3.05) is 7.05 Å². The molecule has 4 N–H and O–H groups in total. The summed E-state index contributed by atoms with van der Waals surface area (Å²) in [6.07, 6.45) is 2.96. The Labute approximate surface area is 212 Å². The third-order valence-corrected chi connectivity index (χ3v) is 5.96. The monoisotopic (exact) mass is 515 g/mol. The molecule has 4 rings (SSSR count). The van der Waals surface area contributed by atoms with Gasteiger partial charge in [-0.05, 0) is 66.7 Å². The largest absolute Gasteiger partial charge is 0.333 e. The number of aromatic nitrogens is 1. The molecule has 3 aromatic carbocycles. The van der Waals surface area contributed by atoms with Gasteiger partial charge in [-0.2, -0.15) is 0 Å². The number of hydrogen-bond acceptors (Lipinski definition) is 3. The molecule has 34 heavy (non-hydrogen) atoms. The van der Waals surface area contributed by atoms with Crippen molar-refractivity contribution in [3.8, 4) is 0 Å². The number of hydrogen-bond donors (Lipinski definition) is 2. The van der Waals surface area contributed by atoms with Crippen molar-refractivity contribution in [1.82, 2.24) is 4.98 Å². The summed E-state index contributed by atoms with van der Waals surface area (Å²) in [7, 11) is 1.50. The average molecular weight is 517 g/mol. The number of rotatable bonds is 5. The van der Waals surface area contributed by atoms with E-state index in [-0.39, 0.29) is 0 Å². The molecule has 0 unspecified atom stereocenters. The second-order valence-electron chi connectivity index (χ2n) is 7.54. The lowest BCUT2D eigenvalue weighted by molar-refractivity contribution is 1.05. The number of nitrogens with two attached hydrogens (primary N) is 2. The van der Waals surface area contributed by atoms with E-state index < -0.39 is 0 Å². The van der Waals surface area contributed by atoms with Gasteiger partial charge in [-0.15, -0.1) is 13.2 Å². The molecule has 0 bridgehead atoms. The van der Waals surface area contributed by atoms with Crippen molar-refractivity contribution < 1.29 is 0 Å². The van der Waals surface area contributed by atoms with Crippen LogP contribution < -0.4 is 11.5 Å². The summed E-state index contributed by atoms with van der Waals surface area (Å²) in [5.41, 5.74) is 18.3. The van der Waals surface area contributed by atoms with E-state index >= 15 is 0 Å². The number of fused-ring (bicyclic) bond motifs is 1. The van der Waals surface area contributed by atoms with E-state index in [0.717, 1.165) is 33.4 Å². The molecule has 0 aliphatic rings. The zero-order valence-corrected chi connectivity index (χ0v) is 21.9. The Bertz CT molecular complexity index is 1240. The van der Waals surface area contributed by atoms with E-state index in [2.05, 4.69) is 128 Å². The maximum absolute atomic E-state index is 5.74. The molecular weight excluding hydrogens is 482 g/mol. The van der Waals surface area contributed by atoms with Gasteiger partial charge in [0.25, 0.3) is 0 Å². The number of benzene rings is 3. The van der Waals surface area contributed by atoms with Crippen LogP contribution >= 0.6 is 15.9 Å². The third kappa shape index (κ3) is 6.51. The molecule has 0 fully saturated rings. The average Bonchev–Trinajstić information content (AvgIpc) is 2.89. The first kappa shape index (κ1) is 27.2. The fraction of sp³-hybridized carbons (Fsp3) is 0.167. The lowest BCUT2D eigenvalue weighted by Crippen LogP contribution is -2.01. The fourth-order valence-electron chi connectivity index (χ4n) is 3.86. The van der Waals surface area contributed by atoms with Crippen LogP contribution in [0, 0.1) is 6.92 Å². The maximum atomic E-state index is 5.74. The van der Waals surface area contributed by atoms with Gasteiger partial charge in [-0.25, -0.2) is 0 Å². The SMILES string of the molecule is C/C=C(\c1cc(Br)ccc1C)c1nc(Cc2ccc(CN)cc2)cc2ccccc12.C=C.CN. The highest BCUT2D eigenvalue weighted by Crippen LogP contribution is 2.32. The highest BCUT2D eigenvalue weighted by molar-refractivity contribution is 9.10. The molecule has 4 heteroatoms. The number of halogens is 1. The van der Waals surface area contributed by atoms with E-state index in [0.29, 0.717) is 6.54 Å². The van der Waals surface area contributed by atoms with Crippen LogP contribution in [0.1, 0.15) is 40.6 Å². The van der Waals surface area contributed by atoms with Crippen LogP contribution in [-0.4, -0.2) is 12.0 Å². The van der Waals surface area contributed by atoms with Crippen LogP contribution in [0.15, 0.2) is 96.5 Å². The first-order valence-electron chi connectivity index (χ1n) is 11.3. The molecule has 0 spiro atoms. The van der Waals surface area contributed by atoms with Crippen LogP contribution in [0.2, 0.25) is 0 Å². The standard InChI is InChI=1S/C27H25BrN2.C2H4.CH5N/c1-3-24(26-16-22(28)13-8-18(26)2)27-25-7-5-4-6-21(25)15-23(30-27)14-19-9-11-20(17-29)12-10-19;2*1-2/h3-13,15-16H,14,17,29H2,1-2H3;1-2H2;2H2,1H3/b24-3+;;. The van der Waals surface area contributed by atoms with Crippen LogP contribution in [0.5, 0.6) is 0 Å². The molecule has 1 heterocycles. The normalized spacial score (nSPS) is 10.7. The Balaban J connectivity index is 0.000000970. The highest BCUT2D eigenvalue weighted by Gasteiger charge is 2.14. The summed E-state index contributed by atoms with van der Waals surface area (Å²) >= 11 is 3.63. The van der Waals surface area contributed by atoms with Gasteiger partial charge in [0.15, 0.2) is 0 Å². The Kier molecular flexibility index (Phi) is 10.9. The lowest BCUT2D eigenvalue weighted by atomic mass is 9.93. The molecule has 0 amide bonds. The second-order valence-corrected chi connectivity index (χ2v) is 8.46. The molecule has 0 saturated heterocycles. The van der Waals surface area contributed by atoms with Crippen molar-refractivity contribution in [3.05, 3.63) is 130 Å². The Morgan fingerprint density at radius 1 is 0.941 bits per heavy atom. The predicted octanol–water partition coefficient (Wildman–Crippen LogP) is 7.18. The van der Waals surface area contributed by atoms with Crippen molar-refractivity contribution in [2.45, 2.75) is 26.8 Å². The summed E-state index contributed by atoms with van der Waals surface area (Å²) in [6, 6.07) is 25.6. The molecule has 0 radical (unpaired) electrons. The fourth-order valence-corrected chi connectivity index (χ4v) is 4.22. The summed E-state index contributed by atoms with van der Waals surface area (Å²) < 4.78 is 1.07. The van der Waals surface area contributed by atoms with Crippen molar-refractivity contribution in [1.29, 1.82) is 0 Å². The zero-order chi connectivity index (χ0) is 25.1. The Morgan fingerprint density at radius 3 is 2.24 bits per heavy atom. The minimum absolute atomic E-state index is 0.565. The van der Waals surface area contributed by atoms with Crippen LogP contribution in [0.3, 0.4) is 0 Å². The minimum atomic E-state index is 0.565. The van der Waals surface area contributed by atoms with Gasteiger partial charge in [-0.1, -0.05) is 76.6 Å². The van der Waals surface area contributed by atoms with Gasteiger partial charge in [0.05, 0.1) is 5.69 Å². The van der Waals surface area contributed by atoms with Gasteiger partial charge in [0.1, 0.15) is 0 Å². The second kappa shape index (κ2) is 13.6. The lowest BCUT2D eigenvalue weighted by Gasteiger charge is -2.15. The van der Waals surface area contributed by atoms with Crippen molar-refractivity contribution in [2.24, 2.45) is 11.5 Å². The molecule has 176 valence electrons. The zero-order valence-electron chi connectivity index (χ0n) is 20.3. The number of pyridine rings is 1. The number of nitrogens with zero attached hydrogens (tertiary/aromatic N) is 1. The molecule has 0 atom stereocenters. The summed E-state index contributed by atoms with van der Waals surface area (Å²) in [5.74, 6) is 0. The Morgan fingerprint density at radius 2 is 1.59 bits per heavy atom. The van der Waals surface area contributed by atoms with Gasteiger partial charge in [0, 0.05) is 34.1 Å². The number of aryl methyl sites for hydroxylation is 1. The highest BCUT2D eigenvalue weighted by atomic mass is 79.9. The maximum Gasteiger partial charge on any atom is 0.0786 e. The number of allylic oxidation sites excluding steroid dienone is 1. The summed E-state index contributed by atoms with van der Waals surface area (Å²) in [5, 5.41) is 2.38. The van der Waals surface area contributed by atoms with Gasteiger partial charge >= 0.3 is 0 Å². The Hall–Kier alpha value is -3.05. The topological polar surface area (TPSA) is 64.9 Å². The molecule has 4 aromatic rings. The van der Waals surface area contributed by atoms with Gasteiger partial charge in [0.2, 0.25) is 0 Å². The first-order valence-corrected chi connectivity index (χ1v) is 12.1. The quantitative estimate of drug-likeness (QED) is 0.276. The van der Waals surface area contributed by atoms with E-state index in [1.807, 2.05) is 0 Å². The first-order chi connectivity index (χ1) is 16.6. The smallest absolute Gasteiger partial charge is 0.0786 e. The van der Waals surface area contributed by atoms with Crippen molar-refractivity contribution >= 4 is 32.3 Å². The van der Waals surface area contributed by atoms with E-state index in [4.69, 9.17) is 10.7 Å².